The van der Waals surface area contributed by atoms with E-state index in [1.54, 1.807) is 31.4 Å². The first-order valence-corrected chi connectivity index (χ1v) is 6.87. The third kappa shape index (κ3) is 3.33. The van der Waals surface area contributed by atoms with Crippen molar-refractivity contribution < 1.29 is 4.74 Å². The van der Waals surface area contributed by atoms with E-state index in [0.717, 1.165) is 16.8 Å². The van der Waals surface area contributed by atoms with Crippen LogP contribution >= 0.6 is 35.4 Å². The van der Waals surface area contributed by atoms with Crippen LogP contribution < -0.4 is 15.8 Å². The molecule has 0 aromatic heterocycles. The summed E-state index contributed by atoms with van der Waals surface area (Å²) in [6, 6.07) is 10.8. The van der Waals surface area contributed by atoms with E-state index in [1.807, 2.05) is 12.1 Å². The van der Waals surface area contributed by atoms with E-state index < -0.39 is 0 Å². The number of thiocarbonyl (C=S) groups is 1. The lowest BCUT2D eigenvalue weighted by atomic mass is 10.0. The second-order valence-corrected chi connectivity index (χ2v) is 5.31. The first-order valence-electron chi connectivity index (χ1n) is 5.71. The molecule has 0 radical (unpaired) electrons. The van der Waals surface area contributed by atoms with Crippen molar-refractivity contribution in [3.8, 4) is 16.9 Å². The predicted molar refractivity (Wildman–Crippen MR) is 88.9 cm³/mol. The van der Waals surface area contributed by atoms with Crippen LogP contribution in [0.4, 0.5) is 5.69 Å². The van der Waals surface area contributed by atoms with Crippen molar-refractivity contribution in [2.75, 3.05) is 12.4 Å². The Bertz CT molecular complexity index is 662. The van der Waals surface area contributed by atoms with Crippen LogP contribution in [0.5, 0.6) is 5.75 Å². The van der Waals surface area contributed by atoms with Gasteiger partial charge in [-0.25, -0.2) is 0 Å². The second kappa shape index (κ2) is 6.31. The van der Waals surface area contributed by atoms with E-state index in [4.69, 9.17) is 45.9 Å². The Balaban J connectivity index is 2.51. The van der Waals surface area contributed by atoms with Crippen LogP contribution in [0.15, 0.2) is 36.4 Å². The average molecular weight is 327 g/mol. The highest BCUT2D eigenvalue weighted by Gasteiger charge is 2.11. The topological polar surface area (TPSA) is 47.3 Å². The molecule has 6 heteroatoms. The monoisotopic (exact) mass is 326 g/mol. The Morgan fingerprint density at radius 3 is 2.55 bits per heavy atom. The van der Waals surface area contributed by atoms with E-state index >= 15 is 0 Å². The molecule has 0 atom stereocenters. The number of anilines is 1. The molecular weight excluding hydrogens is 315 g/mol. The Morgan fingerprint density at radius 1 is 1.15 bits per heavy atom. The Kier molecular flexibility index (Phi) is 4.70. The van der Waals surface area contributed by atoms with Crippen molar-refractivity contribution in [3.05, 3.63) is 46.4 Å². The second-order valence-electron chi connectivity index (χ2n) is 4.03. The van der Waals surface area contributed by atoms with Crippen LogP contribution in [-0.2, 0) is 0 Å². The maximum absolute atomic E-state index is 6.21. The zero-order valence-corrected chi connectivity index (χ0v) is 12.9. The van der Waals surface area contributed by atoms with Crippen molar-refractivity contribution >= 4 is 46.2 Å². The third-order valence-electron chi connectivity index (χ3n) is 2.69. The first kappa shape index (κ1) is 14.9. The van der Waals surface area contributed by atoms with Gasteiger partial charge < -0.3 is 15.8 Å². The summed E-state index contributed by atoms with van der Waals surface area (Å²) in [5.74, 6) is 0.649. The van der Waals surface area contributed by atoms with Crippen molar-refractivity contribution in [3.63, 3.8) is 0 Å². The number of nitrogens with two attached hydrogens (primary N) is 1. The minimum atomic E-state index is 0.195. The molecule has 104 valence electrons. The molecule has 3 nitrogen and oxygen atoms in total. The SMILES string of the molecule is COc1cc(NC(N)=S)ccc1-c1cc(Cl)ccc1Cl. The van der Waals surface area contributed by atoms with Gasteiger partial charge in [-0.1, -0.05) is 23.2 Å². The highest BCUT2D eigenvalue weighted by atomic mass is 35.5. The zero-order valence-electron chi connectivity index (χ0n) is 10.6. The fraction of sp³-hybridized carbons (Fsp3) is 0.0714. The molecule has 0 fully saturated rings. The van der Waals surface area contributed by atoms with Gasteiger partial charge in [-0.3, -0.25) is 0 Å². The number of rotatable bonds is 3. The minimum Gasteiger partial charge on any atom is -0.496 e. The number of hydrogen-bond donors (Lipinski definition) is 2. The van der Waals surface area contributed by atoms with Crippen LogP contribution in [0.25, 0.3) is 11.1 Å². The van der Waals surface area contributed by atoms with Crippen molar-refractivity contribution in [1.82, 2.24) is 0 Å². The molecule has 0 spiro atoms. The molecule has 20 heavy (non-hydrogen) atoms. The highest BCUT2D eigenvalue weighted by molar-refractivity contribution is 7.80. The number of ether oxygens (including phenoxy) is 1. The molecule has 0 aliphatic carbocycles. The Hall–Kier alpha value is -1.49. The summed E-state index contributed by atoms with van der Waals surface area (Å²) in [6.45, 7) is 0. The van der Waals surface area contributed by atoms with Crippen molar-refractivity contribution in [2.45, 2.75) is 0 Å². The summed E-state index contributed by atoms with van der Waals surface area (Å²) in [7, 11) is 1.59. The molecule has 2 aromatic carbocycles. The molecule has 0 unspecified atom stereocenters. The molecule has 2 aromatic rings. The number of halogens is 2. The molecule has 0 bridgehead atoms. The predicted octanol–water partition coefficient (Wildman–Crippen LogP) is 4.32. The number of hydrogen-bond acceptors (Lipinski definition) is 2. The van der Waals surface area contributed by atoms with Gasteiger partial charge >= 0.3 is 0 Å². The lowest BCUT2D eigenvalue weighted by Crippen LogP contribution is -2.18. The molecule has 3 N–H and O–H groups in total. The number of benzene rings is 2. The fourth-order valence-corrected chi connectivity index (χ4v) is 2.35. The largest absolute Gasteiger partial charge is 0.496 e. The van der Waals surface area contributed by atoms with Crippen molar-refractivity contribution in [2.24, 2.45) is 5.73 Å². The van der Waals surface area contributed by atoms with Gasteiger partial charge in [0.2, 0.25) is 0 Å². The maximum atomic E-state index is 6.21. The van der Waals surface area contributed by atoms with Crippen LogP contribution in [-0.4, -0.2) is 12.2 Å². The molecule has 0 amide bonds. The van der Waals surface area contributed by atoms with Crippen LogP contribution in [0, 0.1) is 0 Å². The molecule has 2 rings (SSSR count). The van der Waals surface area contributed by atoms with Gasteiger partial charge in [0.05, 0.1) is 7.11 Å². The molecule has 0 aliphatic rings. The average Bonchev–Trinajstić information content (AvgIpc) is 2.41. The summed E-state index contributed by atoms with van der Waals surface area (Å²) in [4.78, 5) is 0. The summed E-state index contributed by atoms with van der Waals surface area (Å²) in [5.41, 5.74) is 7.84. The Labute approximate surface area is 132 Å². The van der Waals surface area contributed by atoms with E-state index in [0.29, 0.717) is 15.8 Å². The lowest BCUT2D eigenvalue weighted by molar-refractivity contribution is 0.416. The van der Waals surface area contributed by atoms with E-state index in [9.17, 15) is 0 Å². The summed E-state index contributed by atoms with van der Waals surface area (Å²) < 4.78 is 5.39. The third-order valence-corrected chi connectivity index (χ3v) is 3.35. The van der Waals surface area contributed by atoms with Crippen LogP contribution in [0.3, 0.4) is 0 Å². The van der Waals surface area contributed by atoms with E-state index in [-0.39, 0.29) is 5.11 Å². The minimum absolute atomic E-state index is 0.195. The summed E-state index contributed by atoms with van der Waals surface area (Å²) in [6.07, 6.45) is 0. The van der Waals surface area contributed by atoms with Gasteiger partial charge in [-0.15, -0.1) is 0 Å². The van der Waals surface area contributed by atoms with Gasteiger partial charge in [0.1, 0.15) is 5.75 Å². The Morgan fingerprint density at radius 2 is 1.90 bits per heavy atom. The first-order chi connectivity index (χ1) is 9.51. The molecule has 0 aliphatic heterocycles. The molecule has 0 heterocycles. The molecular formula is C14H12Cl2N2OS. The molecule has 0 saturated heterocycles. The van der Waals surface area contributed by atoms with Crippen molar-refractivity contribution in [1.29, 1.82) is 0 Å². The van der Waals surface area contributed by atoms with Gasteiger partial charge in [-0.2, -0.15) is 0 Å². The van der Waals surface area contributed by atoms with Crippen LogP contribution in [0.1, 0.15) is 0 Å². The lowest BCUT2D eigenvalue weighted by Gasteiger charge is -2.13. The summed E-state index contributed by atoms with van der Waals surface area (Å²) in [5, 5.41) is 4.26. The number of methoxy groups -OCH3 is 1. The number of nitrogens with one attached hydrogen (secondary N) is 1. The van der Waals surface area contributed by atoms with Crippen LogP contribution in [0.2, 0.25) is 10.0 Å². The maximum Gasteiger partial charge on any atom is 0.168 e. The standard InChI is InChI=1S/C14H12Cl2N2OS/c1-19-13-7-9(18-14(17)20)3-4-10(13)11-6-8(15)2-5-12(11)16/h2-7H,1H3,(H3,17,18,20). The smallest absolute Gasteiger partial charge is 0.168 e. The van der Waals surface area contributed by atoms with E-state index in [1.165, 1.54) is 0 Å². The fourth-order valence-electron chi connectivity index (χ4n) is 1.84. The van der Waals surface area contributed by atoms with Gasteiger partial charge in [0.25, 0.3) is 0 Å². The highest BCUT2D eigenvalue weighted by Crippen LogP contribution is 2.37. The quantitative estimate of drug-likeness (QED) is 0.824. The van der Waals surface area contributed by atoms with E-state index in [2.05, 4.69) is 5.32 Å². The molecule has 0 saturated carbocycles. The van der Waals surface area contributed by atoms with Gasteiger partial charge in [-0.05, 0) is 42.5 Å². The normalized spacial score (nSPS) is 10.2. The van der Waals surface area contributed by atoms with Gasteiger partial charge in [0, 0.05) is 32.9 Å². The van der Waals surface area contributed by atoms with Gasteiger partial charge in [0.15, 0.2) is 5.11 Å². The zero-order chi connectivity index (χ0) is 14.7. The summed E-state index contributed by atoms with van der Waals surface area (Å²) >= 11 is 17.0.